The first-order chi connectivity index (χ1) is 14.4. The summed E-state index contributed by atoms with van der Waals surface area (Å²) in [6, 6.07) is 17.2. The molecule has 0 aromatic heterocycles. The summed E-state index contributed by atoms with van der Waals surface area (Å²) in [5.74, 6) is -0.468. The van der Waals surface area contributed by atoms with E-state index in [1.807, 2.05) is 37.3 Å². The maximum absolute atomic E-state index is 11.9. The number of halogens is 2. The molecule has 30 heavy (non-hydrogen) atoms. The standard InChI is InChI=1S/C23H20Cl2N2O3/c1-3-30-23(28)19-11-9-16(13-21(19)25)26-15-8-10-18(20(24)12-15)22(27-29)17-7-5-4-6-14(17)2/h4-13,22,26H,3H2,1-2H3. The van der Waals surface area contributed by atoms with Crippen LogP contribution in [0.2, 0.25) is 10.0 Å². The molecule has 1 atom stereocenters. The monoisotopic (exact) mass is 442 g/mol. The SMILES string of the molecule is CCOC(=O)c1ccc(Nc2ccc(C(N=O)c3ccccc3C)c(Cl)c2)cc1Cl. The average molecular weight is 443 g/mol. The van der Waals surface area contributed by atoms with Crippen molar-refractivity contribution in [3.63, 3.8) is 0 Å². The Morgan fingerprint density at radius 3 is 2.27 bits per heavy atom. The lowest BCUT2D eigenvalue weighted by Crippen LogP contribution is -2.05. The zero-order valence-corrected chi connectivity index (χ0v) is 18.0. The molecule has 0 saturated carbocycles. The molecule has 0 aliphatic heterocycles. The molecule has 0 aliphatic carbocycles. The third-order valence-electron chi connectivity index (χ3n) is 4.64. The van der Waals surface area contributed by atoms with Gasteiger partial charge in [-0.05, 0) is 55.3 Å². The molecule has 154 valence electrons. The third kappa shape index (κ3) is 4.81. The fourth-order valence-electron chi connectivity index (χ4n) is 3.14. The fourth-order valence-corrected chi connectivity index (χ4v) is 3.68. The first-order valence-electron chi connectivity index (χ1n) is 9.35. The van der Waals surface area contributed by atoms with Gasteiger partial charge >= 0.3 is 5.97 Å². The summed E-state index contributed by atoms with van der Waals surface area (Å²) in [5, 5.41) is 7.19. The molecule has 5 nitrogen and oxygen atoms in total. The summed E-state index contributed by atoms with van der Waals surface area (Å²) >= 11 is 12.7. The Balaban J connectivity index is 1.84. The number of esters is 1. The van der Waals surface area contributed by atoms with Crippen molar-refractivity contribution in [3.05, 3.63) is 97.9 Å². The number of benzene rings is 3. The third-order valence-corrected chi connectivity index (χ3v) is 5.28. The zero-order valence-electron chi connectivity index (χ0n) is 16.5. The van der Waals surface area contributed by atoms with E-state index in [1.165, 1.54) is 0 Å². The minimum atomic E-state index is -0.689. The van der Waals surface area contributed by atoms with Crippen molar-refractivity contribution < 1.29 is 9.53 Å². The zero-order chi connectivity index (χ0) is 21.7. The predicted molar refractivity (Wildman–Crippen MR) is 121 cm³/mol. The Labute approximate surface area is 184 Å². The van der Waals surface area contributed by atoms with Gasteiger partial charge in [0.05, 0.1) is 17.2 Å². The quantitative estimate of drug-likeness (QED) is 0.313. The Bertz CT molecular complexity index is 1090. The molecule has 0 spiro atoms. The van der Waals surface area contributed by atoms with Crippen LogP contribution in [-0.2, 0) is 4.74 Å². The van der Waals surface area contributed by atoms with E-state index in [2.05, 4.69) is 10.5 Å². The van der Waals surface area contributed by atoms with Crippen molar-refractivity contribution >= 4 is 40.5 Å². The summed E-state index contributed by atoms with van der Waals surface area (Å²) in [5.41, 5.74) is 4.10. The second-order valence-corrected chi connectivity index (χ2v) is 7.46. The highest BCUT2D eigenvalue weighted by Gasteiger charge is 2.20. The van der Waals surface area contributed by atoms with Gasteiger partial charge in [0.25, 0.3) is 0 Å². The lowest BCUT2D eigenvalue weighted by atomic mass is 9.95. The van der Waals surface area contributed by atoms with Gasteiger partial charge < -0.3 is 10.1 Å². The van der Waals surface area contributed by atoms with Gasteiger partial charge in [0.1, 0.15) is 6.04 Å². The molecule has 1 unspecified atom stereocenters. The molecule has 3 aromatic carbocycles. The topological polar surface area (TPSA) is 67.8 Å². The predicted octanol–water partition coefficient (Wildman–Crippen LogP) is 7.08. The van der Waals surface area contributed by atoms with Crippen molar-refractivity contribution in [2.45, 2.75) is 19.9 Å². The van der Waals surface area contributed by atoms with E-state index in [4.69, 9.17) is 27.9 Å². The van der Waals surface area contributed by atoms with Crippen molar-refractivity contribution in [1.29, 1.82) is 0 Å². The molecule has 0 aliphatic rings. The van der Waals surface area contributed by atoms with Gasteiger partial charge in [-0.3, -0.25) is 0 Å². The Morgan fingerprint density at radius 2 is 1.67 bits per heavy atom. The van der Waals surface area contributed by atoms with Gasteiger partial charge in [0.2, 0.25) is 0 Å². The van der Waals surface area contributed by atoms with Crippen LogP contribution in [0.25, 0.3) is 0 Å². The minimum absolute atomic E-state index is 0.277. The molecule has 1 N–H and O–H groups in total. The van der Waals surface area contributed by atoms with Crippen LogP contribution in [0.1, 0.15) is 40.0 Å². The Hall–Kier alpha value is -2.89. The van der Waals surface area contributed by atoms with Gasteiger partial charge in [0.15, 0.2) is 0 Å². The second kappa shape index (κ2) is 9.74. The van der Waals surface area contributed by atoms with Gasteiger partial charge in [-0.15, -0.1) is 4.91 Å². The number of anilines is 2. The maximum Gasteiger partial charge on any atom is 0.339 e. The molecule has 0 bridgehead atoms. The average Bonchev–Trinajstić information content (AvgIpc) is 2.71. The normalized spacial score (nSPS) is 11.6. The number of carbonyl (C=O) groups is 1. The van der Waals surface area contributed by atoms with Crippen LogP contribution in [0, 0.1) is 11.8 Å². The number of nitroso groups, excluding NO2 is 1. The number of ether oxygens (including phenoxy) is 1. The number of carbonyl (C=O) groups excluding carboxylic acids is 1. The second-order valence-electron chi connectivity index (χ2n) is 6.64. The number of nitrogens with zero attached hydrogens (tertiary/aromatic N) is 1. The number of aryl methyl sites for hydroxylation is 1. The molecule has 0 heterocycles. The summed E-state index contributed by atoms with van der Waals surface area (Å²) in [7, 11) is 0. The number of hydrogen-bond donors (Lipinski definition) is 1. The van der Waals surface area contributed by atoms with E-state index >= 15 is 0 Å². The van der Waals surface area contributed by atoms with Crippen molar-refractivity contribution in [2.75, 3.05) is 11.9 Å². The number of nitrogens with one attached hydrogen (secondary N) is 1. The minimum Gasteiger partial charge on any atom is -0.462 e. The molecule has 7 heteroatoms. The Kier molecular flexibility index (Phi) is 7.08. The van der Waals surface area contributed by atoms with E-state index in [-0.39, 0.29) is 11.6 Å². The highest BCUT2D eigenvalue weighted by molar-refractivity contribution is 6.34. The van der Waals surface area contributed by atoms with Crippen molar-refractivity contribution in [2.24, 2.45) is 5.18 Å². The van der Waals surface area contributed by atoms with Crippen LogP contribution in [0.5, 0.6) is 0 Å². The van der Waals surface area contributed by atoms with E-state index in [9.17, 15) is 9.70 Å². The van der Waals surface area contributed by atoms with E-state index in [0.717, 1.165) is 11.1 Å². The molecular formula is C23H20Cl2N2O3. The largest absolute Gasteiger partial charge is 0.462 e. The number of rotatable bonds is 7. The van der Waals surface area contributed by atoms with Crippen LogP contribution in [0.3, 0.4) is 0 Å². The van der Waals surface area contributed by atoms with Crippen molar-refractivity contribution in [1.82, 2.24) is 0 Å². The molecule has 0 fully saturated rings. The number of hydrogen-bond acceptors (Lipinski definition) is 5. The van der Waals surface area contributed by atoms with Crippen LogP contribution < -0.4 is 5.32 Å². The molecule has 0 amide bonds. The van der Waals surface area contributed by atoms with Crippen LogP contribution in [0.15, 0.2) is 65.8 Å². The van der Waals surface area contributed by atoms with E-state index < -0.39 is 12.0 Å². The summed E-state index contributed by atoms with van der Waals surface area (Å²) in [6.45, 7) is 3.94. The summed E-state index contributed by atoms with van der Waals surface area (Å²) in [4.78, 5) is 23.5. The summed E-state index contributed by atoms with van der Waals surface area (Å²) in [6.07, 6.45) is 0. The van der Waals surface area contributed by atoms with E-state index in [0.29, 0.717) is 27.5 Å². The smallest absolute Gasteiger partial charge is 0.339 e. The van der Waals surface area contributed by atoms with Gasteiger partial charge in [-0.25, -0.2) is 4.79 Å². The lowest BCUT2D eigenvalue weighted by Gasteiger charge is -2.16. The molecule has 3 rings (SSSR count). The van der Waals surface area contributed by atoms with Crippen LogP contribution >= 0.6 is 23.2 Å². The Morgan fingerprint density at radius 1 is 1.00 bits per heavy atom. The van der Waals surface area contributed by atoms with Crippen molar-refractivity contribution in [3.8, 4) is 0 Å². The molecule has 3 aromatic rings. The molecule has 0 radical (unpaired) electrons. The maximum atomic E-state index is 11.9. The summed E-state index contributed by atoms with van der Waals surface area (Å²) < 4.78 is 4.98. The van der Waals surface area contributed by atoms with Gasteiger partial charge in [0, 0.05) is 22.0 Å². The van der Waals surface area contributed by atoms with Gasteiger partial charge in [-0.2, -0.15) is 0 Å². The van der Waals surface area contributed by atoms with Crippen LogP contribution in [-0.4, -0.2) is 12.6 Å². The highest BCUT2D eigenvalue weighted by Crippen LogP contribution is 2.35. The van der Waals surface area contributed by atoms with Crippen LogP contribution in [0.4, 0.5) is 11.4 Å². The van der Waals surface area contributed by atoms with Gasteiger partial charge in [-0.1, -0.05) is 58.7 Å². The first kappa shape index (κ1) is 21.8. The van der Waals surface area contributed by atoms with E-state index in [1.54, 1.807) is 37.3 Å². The lowest BCUT2D eigenvalue weighted by molar-refractivity contribution is 0.0526. The fraction of sp³-hybridized carbons (Fsp3) is 0.174. The molecular weight excluding hydrogens is 423 g/mol. The first-order valence-corrected chi connectivity index (χ1v) is 10.1. The molecule has 0 saturated heterocycles. The highest BCUT2D eigenvalue weighted by atomic mass is 35.5.